The van der Waals surface area contributed by atoms with Crippen molar-refractivity contribution in [2.24, 2.45) is 0 Å². The van der Waals surface area contributed by atoms with Crippen molar-refractivity contribution in [3.8, 4) is 23.7 Å². The van der Waals surface area contributed by atoms with E-state index in [9.17, 15) is 71.9 Å². The molecule has 0 saturated heterocycles. The molecule has 314 valence electrons. The number of hydrogen-bond acceptors (Lipinski definition) is 4. The summed E-state index contributed by atoms with van der Waals surface area (Å²) >= 11 is 0. The number of hydrogen-bond donors (Lipinski definition) is 0. The van der Waals surface area contributed by atoms with Gasteiger partial charge in [0, 0.05) is 11.1 Å². The van der Waals surface area contributed by atoms with Crippen LogP contribution in [0.1, 0.15) is 55.6 Å². The Balaban J connectivity index is 1.53. The van der Waals surface area contributed by atoms with Crippen LogP contribution in [0.4, 0.5) is 52.7 Å². The summed E-state index contributed by atoms with van der Waals surface area (Å²) in [6.45, 7) is -1.34. The predicted molar refractivity (Wildman–Crippen MR) is 201 cm³/mol. The monoisotopic (exact) mass is 868 g/mol. The molecule has 2 aromatic heterocycles. The Bertz CT molecular complexity index is 2930. The van der Waals surface area contributed by atoms with Gasteiger partial charge >= 0.3 is 24.7 Å². The normalized spacial score (nSPS) is 12.3. The Kier molecular flexibility index (Phi) is 10.5. The van der Waals surface area contributed by atoms with E-state index in [4.69, 9.17) is 0 Å². The molecule has 6 nitrogen and oxygen atoms in total. The first kappa shape index (κ1) is 42.8. The molecule has 0 aliphatic carbocycles. The Morgan fingerprint density at radius 2 is 0.565 bits per heavy atom. The van der Waals surface area contributed by atoms with Crippen LogP contribution in [-0.2, 0) is 37.8 Å². The van der Waals surface area contributed by atoms with Crippen LogP contribution in [0.15, 0.2) is 116 Å². The minimum atomic E-state index is -4.74. The zero-order chi connectivity index (χ0) is 45.1. The van der Waals surface area contributed by atoms with Crippen LogP contribution in [-0.4, -0.2) is 9.13 Å². The topological polar surface area (TPSA) is 78.1 Å². The van der Waals surface area contributed by atoms with Crippen LogP contribution in [0.25, 0.3) is 21.5 Å². The van der Waals surface area contributed by atoms with Crippen molar-refractivity contribution in [3.05, 3.63) is 194 Å². The van der Waals surface area contributed by atoms with Gasteiger partial charge in [-0.2, -0.15) is 52.7 Å². The third-order valence-electron chi connectivity index (χ3n) is 9.67. The van der Waals surface area contributed by atoms with Crippen molar-refractivity contribution in [3.63, 3.8) is 0 Å². The number of halogens is 12. The van der Waals surface area contributed by atoms with Gasteiger partial charge in [0.1, 0.15) is 0 Å². The number of rotatable bonds is 4. The fourth-order valence-electron chi connectivity index (χ4n) is 6.58. The Morgan fingerprint density at radius 1 is 0.339 bits per heavy atom. The van der Waals surface area contributed by atoms with Crippen molar-refractivity contribution >= 4 is 21.5 Å². The van der Waals surface area contributed by atoms with Gasteiger partial charge in [0.05, 0.1) is 68.0 Å². The van der Waals surface area contributed by atoms with E-state index in [-0.39, 0.29) is 22.3 Å². The molecule has 0 radical (unpaired) electrons. The summed E-state index contributed by atoms with van der Waals surface area (Å²) in [6, 6.07) is 13.2. The quantitative estimate of drug-likeness (QED) is 0.131. The summed E-state index contributed by atoms with van der Waals surface area (Å²) in [5.41, 5.74) is -10.4. The standard InChI is InChI=1S/C44H20F12N2O4/c45-41(46,47)27-11-1-23(2-12-27)9-19-31-33-35(39(61)57(37(33)59)21-25-5-15-29(16-6-25)43(51,52)53)32(20-10-24-3-13-28(14-4-24)42(48,49)50)36-34(31)38(60)58(40(36)62)22-26-7-17-30(18-8-26)44(54,55)56/h1-8,11-18H,21-22H2. The van der Waals surface area contributed by atoms with Crippen molar-refractivity contribution in [2.75, 3.05) is 0 Å². The fourth-order valence-corrected chi connectivity index (χ4v) is 6.58. The number of alkyl halides is 12. The van der Waals surface area contributed by atoms with Gasteiger partial charge in [-0.05, 0) is 83.9 Å². The average Bonchev–Trinajstić information content (AvgIpc) is 3.59. The molecule has 0 aliphatic rings. The van der Waals surface area contributed by atoms with Gasteiger partial charge in [-0.15, -0.1) is 0 Å². The molecule has 5 aromatic carbocycles. The second-order valence-corrected chi connectivity index (χ2v) is 13.7. The second kappa shape index (κ2) is 15.3. The number of benzene rings is 5. The van der Waals surface area contributed by atoms with Crippen molar-refractivity contribution < 1.29 is 52.7 Å². The molecule has 0 fully saturated rings. The van der Waals surface area contributed by atoms with E-state index in [1.807, 2.05) is 0 Å². The molecular weight excluding hydrogens is 848 g/mol. The highest BCUT2D eigenvalue weighted by atomic mass is 19.4. The summed E-state index contributed by atoms with van der Waals surface area (Å²) in [5.74, 6) is 10.1. The molecule has 7 aromatic rings. The average molecular weight is 869 g/mol. The van der Waals surface area contributed by atoms with E-state index in [1.165, 1.54) is 0 Å². The summed E-state index contributed by atoms with van der Waals surface area (Å²) in [7, 11) is 0. The molecule has 7 rings (SSSR count). The Morgan fingerprint density at radius 3 is 0.790 bits per heavy atom. The predicted octanol–water partition coefficient (Wildman–Crippen LogP) is 8.88. The van der Waals surface area contributed by atoms with Gasteiger partial charge in [0.2, 0.25) is 0 Å². The molecule has 0 aliphatic heterocycles. The highest BCUT2D eigenvalue weighted by Crippen LogP contribution is 2.33. The first-order chi connectivity index (χ1) is 28.9. The van der Waals surface area contributed by atoms with Crippen molar-refractivity contribution in [2.45, 2.75) is 37.8 Å². The van der Waals surface area contributed by atoms with E-state index < -0.39 is 115 Å². The Hall–Kier alpha value is -7.34. The lowest BCUT2D eigenvalue weighted by Crippen LogP contribution is -2.27. The third kappa shape index (κ3) is 8.23. The number of fused-ring (bicyclic) bond motifs is 2. The van der Waals surface area contributed by atoms with E-state index in [0.29, 0.717) is 57.7 Å². The summed E-state index contributed by atoms with van der Waals surface area (Å²) in [4.78, 5) is 57.3. The zero-order valence-electron chi connectivity index (χ0n) is 30.7. The minimum Gasteiger partial charge on any atom is -0.270 e. The molecular formula is C44H20F12N2O4. The molecule has 2 heterocycles. The maximum atomic E-state index is 14.3. The van der Waals surface area contributed by atoms with E-state index >= 15 is 0 Å². The van der Waals surface area contributed by atoms with Gasteiger partial charge in [0.25, 0.3) is 22.2 Å². The van der Waals surface area contributed by atoms with E-state index in [2.05, 4.69) is 23.7 Å². The smallest absolute Gasteiger partial charge is 0.270 e. The highest BCUT2D eigenvalue weighted by Gasteiger charge is 2.33. The molecule has 0 atom stereocenters. The van der Waals surface area contributed by atoms with Crippen molar-refractivity contribution in [1.82, 2.24) is 9.13 Å². The summed E-state index contributed by atoms with van der Waals surface area (Å²) in [6.07, 6.45) is -19.0. The van der Waals surface area contributed by atoms with Gasteiger partial charge in [0.15, 0.2) is 0 Å². The molecule has 0 unspecified atom stereocenters. The lowest BCUT2D eigenvalue weighted by molar-refractivity contribution is -0.138. The zero-order valence-corrected chi connectivity index (χ0v) is 30.7. The maximum absolute atomic E-state index is 14.3. The largest absolute Gasteiger partial charge is 0.416 e. The van der Waals surface area contributed by atoms with Crippen molar-refractivity contribution in [1.29, 1.82) is 0 Å². The van der Waals surface area contributed by atoms with Crippen LogP contribution in [0.2, 0.25) is 0 Å². The SMILES string of the molecule is O=c1c2c(C#Cc3ccc(C(F)(F)F)cc3)c3c(=O)n(Cc4ccc(C(F)(F)F)cc4)c(=O)c3c(C#Cc3ccc(C(F)(F)F)cc3)c2c(=O)n1Cc1ccc(C(F)(F)F)cc1. The highest BCUT2D eigenvalue weighted by molar-refractivity contribution is 6.09. The molecule has 0 N–H and O–H groups in total. The van der Waals surface area contributed by atoms with Crippen LogP contribution in [0, 0.1) is 23.7 Å². The molecule has 62 heavy (non-hydrogen) atoms. The minimum absolute atomic E-state index is 0.00435. The van der Waals surface area contributed by atoms with Gasteiger partial charge in [-0.3, -0.25) is 28.3 Å². The second-order valence-electron chi connectivity index (χ2n) is 13.7. The van der Waals surface area contributed by atoms with E-state index in [0.717, 1.165) is 48.5 Å². The first-order valence-electron chi connectivity index (χ1n) is 17.6. The lowest BCUT2D eigenvalue weighted by Gasteiger charge is -2.07. The molecule has 0 saturated carbocycles. The molecule has 18 heteroatoms. The van der Waals surface area contributed by atoms with E-state index in [1.54, 1.807) is 0 Å². The van der Waals surface area contributed by atoms with Crippen LogP contribution >= 0.6 is 0 Å². The van der Waals surface area contributed by atoms with Gasteiger partial charge < -0.3 is 0 Å². The molecule has 0 spiro atoms. The van der Waals surface area contributed by atoms with Crippen LogP contribution < -0.4 is 22.2 Å². The van der Waals surface area contributed by atoms with Crippen LogP contribution in [0.5, 0.6) is 0 Å². The third-order valence-corrected chi connectivity index (χ3v) is 9.67. The molecule has 0 bridgehead atoms. The van der Waals surface area contributed by atoms with Gasteiger partial charge in [-0.1, -0.05) is 47.9 Å². The number of aromatic nitrogens is 2. The van der Waals surface area contributed by atoms with Gasteiger partial charge in [-0.25, -0.2) is 0 Å². The summed E-state index contributed by atoms with van der Waals surface area (Å²) in [5, 5.41) is -2.58. The fraction of sp³-hybridized carbons (Fsp3) is 0.136. The molecule has 0 amide bonds. The Labute approximate surface area is 338 Å². The summed E-state index contributed by atoms with van der Waals surface area (Å²) < 4.78 is 161. The first-order valence-corrected chi connectivity index (χ1v) is 17.6. The maximum Gasteiger partial charge on any atom is 0.416 e. The van der Waals surface area contributed by atoms with Crippen LogP contribution in [0.3, 0.4) is 0 Å². The number of nitrogens with zero attached hydrogens (tertiary/aromatic N) is 2. The lowest BCUT2D eigenvalue weighted by atomic mass is 9.96.